The van der Waals surface area contributed by atoms with Gasteiger partial charge in [-0.15, -0.1) is 0 Å². The summed E-state index contributed by atoms with van der Waals surface area (Å²) in [6.07, 6.45) is 1.85. The Bertz CT molecular complexity index is 1010. The van der Waals surface area contributed by atoms with Crippen molar-refractivity contribution in [2.24, 2.45) is 0 Å². The van der Waals surface area contributed by atoms with Crippen LogP contribution < -0.4 is 0 Å². The van der Waals surface area contributed by atoms with Crippen LogP contribution in [0.25, 0.3) is 0 Å². The first kappa shape index (κ1) is 19.2. The smallest absolute Gasteiger partial charge is 0.188 e. The zero-order chi connectivity index (χ0) is 20.4. The van der Waals surface area contributed by atoms with Gasteiger partial charge in [0.2, 0.25) is 0 Å². The SMILES string of the molecule is O=C1c2ccccc2CC1(c1ccccc1)N1CCN(CCc2ccccc2)CC1. The predicted octanol–water partition coefficient (Wildman–Crippen LogP) is 4.18. The normalized spacial score (nSPS) is 22.2. The van der Waals surface area contributed by atoms with Crippen molar-refractivity contribution in [1.82, 2.24) is 9.80 Å². The molecule has 1 saturated heterocycles. The van der Waals surface area contributed by atoms with Gasteiger partial charge >= 0.3 is 0 Å². The summed E-state index contributed by atoms with van der Waals surface area (Å²) in [6, 6.07) is 29.3. The molecular weight excluding hydrogens is 368 g/mol. The lowest BCUT2D eigenvalue weighted by Crippen LogP contribution is -2.58. The topological polar surface area (TPSA) is 23.6 Å². The molecule has 152 valence electrons. The molecule has 5 rings (SSSR count). The molecule has 1 atom stereocenters. The summed E-state index contributed by atoms with van der Waals surface area (Å²) in [6.45, 7) is 4.92. The third-order valence-electron chi connectivity index (χ3n) is 6.81. The van der Waals surface area contributed by atoms with Crippen LogP contribution in [0.3, 0.4) is 0 Å². The summed E-state index contributed by atoms with van der Waals surface area (Å²) in [7, 11) is 0. The van der Waals surface area contributed by atoms with E-state index in [0.29, 0.717) is 0 Å². The third-order valence-corrected chi connectivity index (χ3v) is 6.81. The third kappa shape index (κ3) is 3.38. The molecule has 3 aromatic carbocycles. The van der Waals surface area contributed by atoms with Crippen molar-refractivity contribution in [2.45, 2.75) is 18.4 Å². The molecule has 30 heavy (non-hydrogen) atoms. The number of piperazine rings is 1. The number of fused-ring (bicyclic) bond motifs is 1. The van der Waals surface area contributed by atoms with Crippen molar-refractivity contribution in [1.29, 1.82) is 0 Å². The number of nitrogens with zero attached hydrogens (tertiary/aromatic N) is 2. The molecule has 0 saturated carbocycles. The minimum atomic E-state index is -0.559. The second kappa shape index (κ2) is 8.17. The second-order valence-corrected chi connectivity index (χ2v) is 8.45. The molecule has 0 N–H and O–H groups in total. The van der Waals surface area contributed by atoms with Gasteiger partial charge in [-0.1, -0.05) is 84.9 Å². The lowest BCUT2D eigenvalue weighted by atomic mass is 9.83. The standard InChI is InChI=1S/C27H28N2O/c30-26-25-14-8-7-11-23(25)21-27(26,24-12-5-2-6-13-24)29-19-17-28(18-20-29)16-15-22-9-3-1-4-10-22/h1-14H,15-21H2. The van der Waals surface area contributed by atoms with Gasteiger partial charge in [0.25, 0.3) is 0 Å². The van der Waals surface area contributed by atoms with Crippen LogP contribution >= 0.6 is 0 Å². The minimum absolute atomic E-state index is 0.266. The number of carbonyl (C=O) groups excluding carboxylic acids is 1. The summed E-state index contributed by atoms with van der Waals surface area (Å²) in [4.78, 5) is 18.7. The first-order chi connectivity index (χ1) is 14.8. The molecular formula is C27H28N2O. The number of Topliss-reactive ketones (excluding diaryl/α,β-unsaturated/α-hetero) is 1. The van der Waals surface area contributed by atoms with Crippen LogP contribution in [-0.2, 0) is 18.4 Å². The van der Waals surface area contributed by atoms with Crippen LogP contribution in [0.2, 0.25) is 0 Å². The van der Waals surface area contributed by atoms with Gasteiger partial charge < -0.3 is 4.90 Å². The number of ketones is 1. The molecule has 3 aromatic rings. The van der Waals surface area contributed by atoms with Crippen LogP contribution in [0.15, 0.2) is 84.9 Å². The van der Waals surface area contributed by atoms with Crippen LogP contribution in [0, 0.1) is 0 Å². The van der Waals surface area contributed by atoms with E-state index in [9.17, 15) is 4.79 Å². The first-order valence-electron chi connectivity index (χ1n) is 11.0. The Balaban J connectivity index is 1.35. The van der Waals surface area contributed by atoms with E-state index in [2.05, 4.69) is 76.5 Å². The molecule has 0 bridgehead atoms. The number of benzene rings is 3. The molecule has 1 aliphatic carbocycles. The van der Waals surface area contributed by atoms with E-state index in [-0.39, 0.29) is 5.78 Å². The molecule has 0 radical (unpaired) electrons. The fourth-order valence-electron chi connectivity index (χ4n) is 5.14. The van der Waals surface area contributed by atoms with Crippen LogP contribution in [0.4, 0.5) is 0 Å². The highest BCUT2D eigenvalue weighted by molar-refractivity contribution is 6.08. The van der Waals surface area contributed by atoms with Crippen molar-refractivity contribution in [2.75, 3.05) is 32.7 Å². The van der Waals surface area contributed by atoms with E-state index in [0.717, 1.165) is 56.7 Å². The zero-order valence-corrected chi connectivity index (χ0v) is 17.3. The maximum Gasteiger partial charge on any atom is 0.188 e. The van der Waals surface area contributed by atoms with E-state index in [1.807, 2.05) is 18.2 Å². The maximum atomic E-state index is 13.8. The minimum Gasteiger partial charge on any atom is -0.300 e. The first-order valence-corrected chi connectivity index (χ1v) is 11.0. The fraction of sp³-hybridized carbons (Fsp3) is 0.296. The number of carbonyl (C=O) groups is 1. The fourth-order valence-corrected chi connectivity index (χ4v) is 5.14. The van der Waals surface area contributed by atoms with Gasteiger partial charge in [0, 0.05) is 44.7 Å². The highest BCUT2D eigenvalue weighted by atomic mass is 16.1. The van der Waals surface area contributed by atoms with E-state index in [4.69, 9.17) is 0 Å². The molecule has 2 aliphatic rings. The Labute approximate surface area is 178 Å². The van der Waals surface area contributed by atoms with Crippen molar-refractivity contribution in [3.63, 3.8) is 0 Å². The second-order valence-electron chi connectivity index (χ2n) is 8.45. The Kier molecular flexibility index (Phi) is 5.24. The Morgan fingerprint density at radius 1 is 0.733 bits per heavy atom. The van der Waals surface area contributed by atoms with Gasteiger partial charge in [-0.25, -0.2) is 0 Å². The van der Waals surface area contributed by atoms with E-state index >= 15 is 0 Å². The molecule has 1 heterocycles. The highest BCUT2D eigenvalue weighted by Gasteiger charge is 2.51. The monoisotopic (exact) mass is 396 g/mol. The van der Waals surface area contributed by atoms with Crippen molar-refractivity contribution in [3.8, 4) is 0 Å². The number of hydrogen-bond acceptors (Lipinski definition) is 3. The van der Waals surface area contributed by atoms with Gasteiger partial charge in [0.05, 0.1) is 0 Å². The summed E-state index contributed by atoms with van der Waals surface area (Å²) >= 11 is 0. The van der Waals surface area contributed by atoms with Crippen LogP contribution in [-0.4, -0.2) is 48.3 Å². The van der Waals surface area contributed by atoms with Gasteiger partial charge in [-0.2, -0.15) is 0 Å². The molecule has 0 aromatic heterocycles. The molecule has 1 fully saturated rings. The highest BCUT2D eigenvalue weighted by Crippen LogP contribution is 2.42. The van der Waals surface area contributed by atoms with Crippen molar-refractivity contribution in [3.05, 3.63) is 107 Å². The van der Waals surface area contributed by atoms with Gasteiger partial charge in [-0.05, 0) is 23.1 Å². The van der Waals surface area contributed by atoms with Gasteiger partial charge in [-0.3, -0.25) is 9.69 Å². The molecule has 3 heteroatoms. The van der Waals surface area contributed by atoms with Gasteiger partial charge in [0.1, 0.15) is 5.54 Å². The van der Waals surface area contributed by atoms with Crippen molar-refractivity contribution >= 4 is 5.78 Å². The van der Waals surface area contributed by atoms with E-state index in [1.165, 1.54) is 11.1 Å². The average molecular weight is 397 g/mol. The van der Waals surface area contributed by atoms with Crippen molar-refractivity contribution < 1.29 is 4.79 Å². The van der Waals surface area contributed by atoms with Gasteiger partial charge in [0.15, 0.2) is 5.78 Å². The summed E-state index contributed by atoms with van der Waals surface area (Å²) in [5.41, 5.74) is 4.04. The molecule has 1 aliphatic heterocycles. The summed E-state index contributed by atoms with van der Waals surface area (Å²) < 4.78 is 0. The molecule has 0 amide bonds. The summed E-state index contributed by atoms with van der Waals surface area (Å²) in [5.74, 6) is 0.266. The van der Waals surface area contributed by atoms with Crippen LogP contribution in [0.5, 0.6) is 0 Å². The van der Waals surface area contributed by atoms with E-state index in [1.54, 1.807) is 0 Å². The number of rotatable bonds is 5. The largest absolute Gasteiger partial charge is 0.300 e. The van der Waals surface area contributed by atoms with E-state index < -0.39 is 5.54 Å². The molecule has 0 spiro atoms. The Morgan fingerprint density at radius 3 is 2.07 bits per heavy atom. The summed E-state index contributed by atoms with van der Waals surface area (Å²) in [5, 5.41) is 0. The van der Waals surface area contributed by atoms with Crippen LogP contribution in [0.1, 0.15) is 27.0 Å². The maximum absolute atomic E-state index is 13.8. The lowest BCUT2D eigenvalue weighted by Gasteiger charge is -2.45. The predicted molar refractivity (Wildman–Crippen MR) is 121 cm³/mol. The average Bonchev–Trinajstić information content (AvgIpc) is 3.13. The molecule has 3 nitrogen and oxygen atoms in total. The Morgan fingerprint density at radius 2 is 1.37 bits per heavy atom. The lowest BCUT2D eigenvalue weighted by molar-refractivity contribution is 0.0307. The zero-order valence-electron chi connectivity index (χ0n) is 17.3. The number of hydrogen-bond donors (Lipinski definition) is 0. The Hall–Kier alpha value is -2.75. The quantitative estimate of drug-likeness (QED) is 0.646. The molecule has 1 unspecified atom stereocenters.